The van der Waals surface area contributed by atoms with Gasteiger partial charge in [-0.05, 0) is 68.1 Å². The lowest BCUT2D eigenvalue weighted by Crippen LogP contribution is -2.31. The van der Waals surface area contributed by atoms with Crippen LogP contribution in [0.2, 0.25) is 0 Å². The van der Waals surface area contributed by atoms with Crippen molar-refractivity contribution < 1.29 is 39.2 Å². The minimum atomic E-state index is -1.23. The van der Waals surface area contributed by atoms with Crippen LogP contribution in [0.5, 0.6) is 5.75 Å². The number of hydrogen-bond donors (Lipinski definition) is 3. The second-order valence-corrected chi connectivity index (χ2v) is 10.9. The number of Topliss-reactive ketones (excluding diaryl/α,β-unsaturated/α-hetero) is 1. The standard InChI is InChI=1S/C31H33NO8/c1-6-31(4,5)30(38)40-15-20(33)14-39-29(37)18-7-9-21-22(12-18)28(36)25(27(21)35)26-24(34)13-19-11-17(16(2)3)8-10-23(19)32-26/h7-13,16,20,33-35H,6,14-15H2,1-5H3. The van der Waals surface area contributed by atoms with Crippen LogP contribution in [0.3, 0.4) is 0 Å². The molecule has 0 bridgehead atoms. The number of nitrogens with zero attached hydrogens (tertiary/aromatic N) is 1. The number of aliphatic hydroxyl groups excluding tert-OH is 2. The molecule has 0 saturated carbocycles. The average molecular weight is 548 g/mol. The molecule has 2 aromatic carbocycles. The number of pyridine rings is 1. The Balaban J connectivity index is 1.49. The van der Waals surface area contributed by atoms with Crippen LogP contribution in [0.4, 0.5) is 0 Å². The molecule has 3 N–H and O–H groups in total. The number of carbonyl (C=O) groups excluding carboxylic acids is 3. The zero-order valence-electron chi connectivity index (χ0n) is 23.1. The van der Waals surface area contributed by atoms with Gasteiger partial charge in [-0.1, -0.05) is 26.8 Å². The molecule has 1 aromatic heterocycles. The molecular weight excluding hydrogens is 514 g/mol. The molecule has 0 amide bonds. The average Bonchev–Trinajstić information content (AvgIpc) is 3.18. The summed E-state index contributed by atoms with van der Waals surface area (Å²) in [6, 6.07) is 11.2. The van der Waals surface area contributed by atoms with E-state index in [2.05, 4.69) is 18.8 Å². The van der Waals surface area contributed by atoms with Gasteiger partial charge in [-0.15, -0.1) is 0 Å². The lowest BCUT2D eigenvalue weighted by atomic mass is 9.91. The number of allylic oxidation sites excluding steroid dienone is 1. The third kappa shape index (κ3) is 5.56. The SMILES string of the molecule is CCC(C)(C)C(=O)OCC(O)COC(=O)c1ccc2c(c1)C(=O)C(c1nc3ccc(C(C)C)cc3cc1O)=C2O. The number of aromatic hydroxyl groups is 1. The Morgan fingerprint density at radius 3 is 2.35 bits per heavy atom. The number of carbonyl (C=O) groups is 3. The monoisotopic (exact) mass is 547 g/mol. The fourth-order valence-corrected chi connectivity index (χ4v) is 4.20. The van der Waals surface area contributed by atoms with E-state index < -0.39 is 35.8 Å². The number of aromatic nitrogens is 1. The van der Waals surface area contributed by atoms with E-state index in [4.69, 9.17) is 9.47 Å². The van der Waals surface area contributed by atoms with Crippen molar-refractivity contribution in [3.8, 4) is 5.75 Å². The molecule has 1 aliphatic carbocycles. The first-order valence-electron chi connectivity index (χ1n) is 13.1. The Kier molecular flexibility index (Phi) is 7.98. The van der Waals surface area contributed by atoms with Gasteiger partial charge in [0.25, 0.3) is 0 Å². The summed E-state index contributed by atoms with van der Waals surface area (Å²) in [5.41, 5.74) is 0.968. The molecule has 9 heteroatoms. The maximum Gasteiger partial charge on any atom is 0.338 e. The molecule has 0 saturated heterocycles. The van der Waals surface area contributed by atoms with Gasteiger partial charge in [0.1, 0.15) is 36.5 Å². The molecule has 210 valence electrons. The Morgan fingerprint density at radius 1 is 0.975 bits per heavy atom. The van der Waals surface area contributed by atoms with Gasteiger partial charge in [0, 0.05) is 16.5 Å². The third-order valence-electron chi connectivity index (χ3n) is 7.19. The van der Waals surface area contributed by atoms with Crippen molar-refractivity contribution in [2.24, 2.45) is 5.41 Å². The molecule has 0 spiro atoms. The molecule has 3 aromatic rings. The van der Waals surface area contributed by atoms with Crippen LogP contribution in [-0.2, 0) is 14.3 Å². The van der Waals surface area contributed by atoms with Crippen LogP contribution in [0.1, 0.15) is 84.5 Å². The first-order chi connectivity index (χ1) is 18.8. The van der Waals surface area contributed by atoms with Crippen LogP contribution >= 0.6 is 0 Å². The van der Waals surface area contributed by atoms with Crippen molar-refractivity contribution >= 4 is 40.0 Å². The van der Waals surface area contributed by atoms with E-state index in [1.165, 1.54) is 24.3 Å². The largest absolute Gasteiger partial charge is 0.506 e. The predicted molar refractivity (Wildman–Crippen MR) is 149 cm³/mol. The molecule has 0 fully saturated rings. The molecular formula is C31H33NO8. The van der Waals surface area contributed by atoms with E-state index >= 15 is 0 Å². The number of aliphatic hydroxyl groups is 2. The smallest absolute Gasteiger partial charge is 0.338 e. The molecule has 1 heterocycles. The highest BCUT2D eigenvalue weighted by atomic mass is 16.6. The van der Waals surface area contributed by atoms with Gasteiger partial charge in [0.05, 0.1) is 22.1 Å². The minimum absolute atomic E-state index is 0.0226. The van der Waals surface area contributed by atoms with Gasteiger partial charge in [-0.3, -0.25) is 9.59 Å². The van der Waals surface area contributed by atoms with Crippen LogP contribution < -0.4 is 0 Å². The zero-order valence-corrected chi connectivity index (χ0v) is 23.1. The van der Waals surface area contributed by atoms with Crippen molar-refractivity contribution in [1.29, 1.82) is 0 Å². The fourth-order valence-electron chi connectivity index (χ4n) is 4.20. The van der Waals surface area contributed by atoms with Crippen LogP contribution in [0.25, 0.3) is 22.2 Å². The number of rotatable bonds is 9. The maximum atomic E-state index is 13.3. The normalized spacial score (nSPS) is 14.0. The zero-order chi connectivity index (χ0) is 29.4. The number of ether oxygens (including phenoxy) is 2. The minimum Gasteiger partial charge on any atom is -0.506 e. The summed E-state index contributed by atoms with van der Waals surface area (Å²) in [5, 5.41) is 32.4. The van der Waals surface area contributed by atoms with Crippen LogP contribution in [-0.4, -0.2) is 57.3 Å². The van der Waals surface area contributed by atoms with Crippen molar-refractivity contribution in [2.75, 3.05) is 13.2 Å². The molecule has 9 nitrogen and oxygen atoms in total. The molecule has 1 unspecified atom stereocenters. The summed E-state index contributed by atoms with van der Waals surface area (Å²) >= 11 is 0. The summed E-state index contributed by atoms with van der Waals surface area (Å²) in [5.74, 6) is -2.21. The van der Waals surface area contributed by atoms with Crippen LogP contribution in [0, 0.1) is 5.41 Å². The molecule has 0 aliphatic heterocycles. The number of esters is 2. The molecule has 1 aliphatic rings. The predicted octanol–water partition coefficient (Wildman–Crippen LogP) is 5.18. The van der Waals surface area contributed by atoms with Crippen LogP contribution in [0.15, 0.2) is 42.5 Å². The van der Waals surface area contributed by atoms with Gasteiger partial charge < -0.3 is 24.8 Å². The summed E-state index contributed by atoms with van der Waals surface area (Å²) < 4.78 is 10.2. The van der Waals surface area contributed by atoms with E-state index in [1.54, 1.807) is 19.9 Å². The molecule has 0 radical (unpaired) electrons. The van der Waals surface area contributed by atoms with Gasteiger partial charge >= 0.3 is 11.9 Å². The second-order valence-electron chi connectivity index (χ2n) is 10.9. The Bertz CT molecular complexity index is 1540. The maximum absolute atomic E-state index is 13.3. The topological polar surface area (TPSA) is 143 Å². The lowest BCUT2D eigenvalue weighted by molar-refractivity contribution is -0.157. The van der Waals surface area contributed by atoms with E-state index in [0.29, 0.717) is 17.3 Å². The summed E-state index contributed by atoms with van der Waals surface area (Å²) in [6.45, 7) is 8.66. The Hall–Kier alpha value is -4.24. The van der Waals surface area contributed by atoms with Gasteiger partial charge in [-0.2, -0.15) is 0 Å². The van der Waals surface area contributed by atoms with E-state index in [1.807, 2.05) is 19.1 Å². The summed E-state index contributed by atoms with van der Waals surface area (Å²) in [7, 11) is 0. The van der Waals surface area contributed by atoms with Crippen molar-refractivity contribution in [3.05, 3.63) is 70.4 Å². The van der Waals surface area contributed by atoms with Crippen molar-refractivity contribution in [2.45, 2.75) is 53.1 Å². The number of fused-ring (bicyclic) bond motifs is 2. The Morgan fingerprint density at radius 2 is 1.68 bits per heavy atom. The van der Waals surface area contributed by atoms with Crippen molar-refractivity contribution in [3.63, 3.8) is 0 Å². The molecule has 1 atom stereocenters. The third-order valence-corrected chi connectivity index (χ3v) is 7.19. The molecule has 4 rings (SSSR count). The summed E-state index contributed by atoms with van der Waals surface area (Å²) in [4.78, 5) is 42.5. The number of benzene rings is 2. The first kappa shape index (κ1) is 28.8. The van der Waals surface area contributed by atoms with Gasteiger partial charge in [0.15, 0.2) is 5.78 Å². The van der Waals surface area contributed by atoms with E-state index in [-0.39, 0.29) is 52.0 Å². The van der Waals surface area contributed by atoms with Gasteiger partial charge in [0.2, 0.25) is 0 Å². The number of ketones is 1. The number of hydrogen-bond acceptors (Lipinski definition) is 9. The highest BCUT2D eigenvalue weighted by molar-refractivity contribution is 6.39. The van der Waals surface area contributed by atoms with E-state index in [9.17, 15) is 29.7 Å². The first-order valence-corrected chi connectivity index (χ1v) is 13.1. The highest BCUT2D eigenvalue weighted by Crippen LogP contribution is 2.40. The van der Waals surface area contributed by atoms with Crippen molar-refractivity contribution in [1.82, 2.24) is 4.98 Å². The highest BCUT2D eigenvalue weighted by Gasteiger charge is 2.34. The summed E-state index contributed by atoms with van der Waals surface area (Å²) in [6.07, 6.45) is -0.664. The lowest BCUT2D eigenvalue weighted by Gasteiger charge is -2.21. The second kappa shape index (κ2) is 11.1. The molecule has 40 heavy (non-hydrogen) atoms. The fraction of sp³-hybridized carbons (Fsp3) is 0.355. The Labute approximate surface area is 232 Å². The van der Waals surface area contributed by atoms with Gasteiger partial charge in [-0.25, -0.2) is 9.78 Å². The quantitative estimate of drug-likeness (QED) is 0.309. The van der Waals surface area contributed by atoms with E-state index in [0.717, 1.165) is 5.56 Å².